The molecule has 0 bridgehead atoms. The van der Waals surface area contributed by atoms with E-state index in [0.29, 0.717) is 12.8 Å². The number of halogens is 1. The summed E-state index contributed by atoms with van der Waals surface area (Å²) < 4.78 is 13.5. The van der Waals surface area contributed by atoms with E-state index in [9.17, 15) is 19.3 Å². The van der Waals surface area contributed by atoms with Crippen LogP contribution in [0, 0.1) is 15.9 Å². The fourth-order valence-corrected chi connectivity index (χ4v) is 1.45. The summed E-state index contributed by atoms with van der Waals surface area (Å²) in [4.78, 5) is 21.6. The van der Waals surface area contributed by atoms with Crippen molar-refractivity contribution in [1.82, 2.24) is 0 Å². The lowest BCUT2D eigenvalue weighted by molar-refractivity contribution is -0.384. The molecule has 1 aromatic carbocycles. The number of amides is 1. The van der Waals surface area contributed by atoms with Crippen LogP contribution in [0.15, 0.2) is 18.2 Å². The number of carbonyl (C=O) groups excluding carboxylic acids is 1. The quantitative estimate of drug-likeness (QED) is 0.619. The predicted molar refractivity (Wildman–Crippen MR) is 64.6 cm³/mol. The van der Waals surface area contributed by atoms with Crippen LogP contribution in [0.2, 0.25) is 0 Å². The van der Waals surface area contributed by atoms with Gasteiger partial charge >= 0.3 is 0 Å². The van der Waals surface area contributed by atoms with E-state index in [4.69, 9.17) is 5.73 Å². The van der Waals surface area contributed by atoms with E-state index in [0.717, 1.165) is 12.1 Å². The largest absolute Gasteiger partial charge is 0.320 e. The number of hydrogen-bond donors (Lipinski definition) is 2. The minimum Gasteiger partial charge on any atom is -0.320 e. The number of hydrogen-bond acceptors (Lipinski definition) is 4. The van der Waals surface area contributed by atoms with E-state index in [1.54, 1.807) is 0 Å². The number of nitrogens with one attached hydrogen (secondary N) is 1. The Kier molecular flexibility index (Phi) is 4.73. The van der Waals surface area contributed by atoms with Crippen LogP contribution in [-0.2, 0) is 4.79 Å². The van der Waals surface area contributed by atoms with Gasteiger partial charge in [-0.2, -0.15) is 0 Å². The standard InChI is InChI=1S/C11H14FN3O3/c1-2-4-8(13)11(16)14-10-7(12)5-3-6-9(10)15(17)18/h3,5-6,8H,2,4,13H2,1H3,(H,14,16)/t8-/m1/s1. The van der Waals surface area contributed by atoms with Gasteiger partial charge in [0.25, 0.3) is 5.69 Å². The van der Waals surface area contributed by atoms with Crippen LogP contribution in [0.4, 0.5) is 15.8 Å². The fourth-order valence-electron chi connectivity index (χ4n) is 1.45. The molecule has 0 unspecified atom stereocenters. The Morgan fingerprint density at radius 2 is 2.28 bits per heavy atom. The number of nitrogens with two attached hydrogens (primary N) is 1. The summed E-state index contributed by atoms with van der Waals surface area (Å²) in [7, 11) is 0. The first-order chi connectivity index (χ1) is 8.47. The van der Waals surface area contributed by atoms with Gasteiger partial charge in [0.1, 0.15) is 0 Å². The zero-order valence-corrected chi connectivity index (χ0v) is 9.85. The zero-order valence-electron chi connectivity index (χ0n) is 9.85. The van der Waals surface area contributed by atoms with E-state index in [1.807, 2.05) is 6.92 Å². The van der Waals surface area contributed by atoms with E-state index < -0.39 is 34.1 Å². The number of nitro groups is 1. The van der Waals surface area contributed by atoms with E-state index >= 15 is 0 Å². The Balaban J connectivity index is 2.96. The number of anilines is 1. The maximum absolute atomic E-state index is 13.5. The Morgan fingerprint density at radius 3 is 2.83 bits per heavy atom. The molecule has 0 saturated heterocycles. The number of para-hydroxylation sites is 1. The van der Waals surface area contributed by atoms with Crippen molar-refractivity contribution in [3.63, 3.8) is 0 Å². The van der Waals surface area contributed by atoms with Gasteiger partial charge in [-0.25, -0.2) is 4.39 Å². The number of benzene rings is 1. The lowest BCUT2D eigenvalue weighted by Gasteiger charge is -2.11. The van der Waals surface area contributed by atoms with Crippen molar-refractivity contribution in [3.8, 4) is 0 Å². The third kappa shape index (κ3) is 3.24. The summed E-state index contributed by atoms with van der Waals surface area (Å²) in [5, 5.41) is 12.9. The van der Waals surface area contributed by atoms with Crippen LogP contribution < -0.4 is 11.1 Å². The van der Waals surface area contributed by atoms with Crippen molar-refractivity contribution < 1.29 is 14.1 Å². The molecule has 98 valence electrons. The normalized spacial score (nSPS) is 11.9. The SMILES string of the molecule is CCC[C@@H](N)C(=O)Nc1c(F)cccc1[N+](=O)[O-]. The molecule has 0 aliphatic carbocycles. The molecule has 0 aliphatic heterocycles. The lowest BCUT2D eigenvalue weighted by Crippen LogP contribution is -2.35. The number of nitrogens with zero attached hydrogens (tertiary/aromatic N) is 1. The second-order valence-electron chi connectivity index (χ2n) is 3.78. The van der Waals surface area contributed by atoms with Crippen molar-refractivity contribution in [2.75, 3.05) is 5.32 Å². The number of carbonyl (C=O) groups is 1. The van der Waals surface area contributed by atoms with Crippen LogP contribution in [0.25, 0.3) is 0 Å². The minimum absolute atomic E-state index is 0.425. The maximum Gasteiger partial charge on any atom is 0.295 e. The first-order valence-corrected chi connectivity index (χ1v) is 5.46. The van der Waals surface area contributed by atoms with Crippen molar-refractivity contribution in [1.29, 1.82) is 0 Å². The van der Waals surface area contributed by atoms with Gasteiger partial charge < -0.3 is 11.1 Å². The second-order valence-corrected chi connectivity index (χ2v) is 3.78. The topological polar surface area (TPSA) is 98.3 Å². The van der Waals surface area contributed by atoms with E-state index in [1.165, 1.54) is 6.07 Å². The molecular formula is C11H14FN3O3. The summed E-state index contributed by atoms with van der Waals surface area (Å²) in [5.41, 5.74) is 4.61. The van der Waals surface area contributed by atoms with Crippen molar-refractivity contribution >= 4 is 17.3 Å². The first kappa shape index (κ1) is 14.0. The third-order valence-electron chi connectivity index (χ3n) is 2.37. The number of rotatable bonds is 5. The molecule has 0 radical (unpaired) electrons. The highest BCUT2D eigenvalue weighted by atomic mass is 19.1. The van der Waals surface area contributed by atoms with Crippen molar-refractivity contribution in [2.45, 2.75) is 25.8 Å². The molecule has 0 aromatic heterocycles. The summed E-state index contributed by atoms with van der Waals surface area (Å²) in [6, 6.07) is 2.54. The molecule has 1 aromatic rings. The monoisotopic (exact) mass is 255 g/mol. The molecule has 0 heterocycles. The highest BCUT2D eigenvalue weighted by molar-refractivity contribution is 5.96. The Bertz CT molecular complexity index is 465. The van der Waals surface area contributed by atoms with Gasteiger partial charge in [0, 0.05) is 6.07 Å². The Hall–Kier alpha value is -2.02. The Labute approximate surface area is 103 Å². The molecule has 6 nitrogen and oxygen atoms in total. The molecule has 0 fully saturated rings. The Morgan fingerprint density at radius 1 is 1.61 bits per heavy atom. The molecule has 1 amide bonds. The summed E-state index contributed by atoms with van der Waals surface area (Å²) in [6.45, 7) is 1.85. The molecular weight excluding hydrogens is 241 g/mol. The highest BCUT2D eigenvalue weighted by Crippen LogP contribution is 2.27. The lowest BCUT2D eigenvalue weighted by atomic mass is 10.1. The smallest absolute Gasteiger partial charge is 0.295 e. The summed E-state index contributed by atoms with van der Waals surface area (Å²) >= 11 is 0. The third-order valence-corrected chi connectivity index (χ3v) is 2.37. The molecule has 7 heteroatoms. The fraction of sp³-hybridized carbons (Fsp3) is 0.364. The second kappa shape index (κ2) is 6.06. The van der Waals surface area contributed by atoms with Gasteiger partial charge in [0.2, 0.25) is 5.91 Å². The van der Waals surface area contributed by atoms with Crippen LogP contribution in [0.1, 0.15) is 19.8 Å². The van der Waals surface area contributed by atoms with Gasteiger partial charge in [0.15, 0.2) is 11.5 Å². The zero-order chi connectivity index (χ0) is 13.7. The number of nitro benzene ring substituents is 1. The van der Waals surface area contributed by atoms with Crippen LogP contribution in [0.5, 0.6) is 0 Å². The predicted octanol–water partition coefficient (Wildman–Crippen LogP) is 1.80. The van der Waals surface area contributed by atoms with Gasteiger partial charge in [0.05, 0.1) is 11.0 Å². The van der Waals surface area contributed by atoms with Gasteiger partial charge in [-0.3, -0.25) is 14.9 Å². The summed E-state index contributed by atoms with van der Waals surface area (Å²) in [6.07, 6.45) is 1.11. The average molecular weight is 255 g/mol. The van der Waals surface area contributed by atoms with Gasteiger partial charge in [-0.05, 0) is 12.5 Å². The first-order valence-electron chi connectivity index (χ1n) is 5.46. The van der Waals surface area contributed by atoms with Crippen LogP contribution in [-0.4, -0.2) is 16.9 Å². The van der Waals surface area contributed by atoms with E-state index in [2.05, 4.69) is 5.32 Å². The molecule has 0 aliphatic rings. The minimum atomic E-state index is -0.860. The maximum atomic E-state index is 13.5. The average Bonchev–Trinajstić information content (AvgIpc) is 2.31. The molecule has 3 N–H and O–H groups in total. The van der Waals surface area contributed by atoms with Gasteiger partial charge in [-0.1, -0.05) is 19.4 Å². The molecule has 0 spiro atoms. The molecule has 1 rings (SSSR count). The van der Waals surface area contributed by atoms with Crippen LogP contribution >= 0.6 is 0 Å². The van der Waals surface area contributed by atoms with Crippen LogP contribution in [0.3, 0.4) is 0 Å². The highest BCUT2D eigenvalue weighted by Gasteiger charge is 2.22. The van der Waals surface area contributed by atoms with Crippen molar-refractivity contribution in [2.24, 2.45) is 5.73 Å². The van der Waals surface area contributed by atoms with Crippen molar-refractivity contribution in [3.05, 3.63) is 34.1 Å². The molecule has 0 saturated carbocycles. The van der Waals surface area contributed by atoms with Gasteiger partial charge in [-0.15, -0.1) is 0 Å². The van der Waals surface area contributed by atoms with E-state index in [-0.39, 0.29) is 0 Å². The molecule has 1 atom stereocenters. The summed E-state index contributed by atoms with van der Waals surface area (Å²) in [5.74, 6) is -1.49. The molecule has 18 heavy (non-hydrogen) atoms.